The Labute approximate surface area is 112 Å². The van der Waals surface area contributed by atoms with Crippen LogP contribution in [0.25, 0.3) is 0 Å². The van der Waals surface area contributed by atoms with Crippen LogP contribution in [0.15, 0.2) is 24.3 Å². The van der Waals surface area contributed by atoms with Crippen molar-refractivity contribution in [1.82, 2.24) is 5.32 Å². The van der Waals surface area contributed by atoms with Crippen molar-refractivity contribution in [3.63, 3.8) is 0 Å². The van der Waals surface area contributed by atoms with Gasteiger partial charge in [-0.1, -0.05) is 12.1 Å². The number of ketones is 1. The number of methoxy groups -OCH3 is 1. The Balaban J connectivity index is 2.56. The van der Waals surface area contributed by atoms with Crippen LogP contribution in [0.4, 0.5) is 0 Å². The molecule has 1 amide bonds. The monoisotopic (exact) mass is 265 g/mol. The average molecular weight is 265 g/mol. The zero-order valence-electron chi connectivity index (χ0n) is 11.4. The van der Waals surface area contributed by atoms with E-state index in [1.54, 1.807) is 38.3 Å². The molecule has 5 heteroatoms. The van der Waals surface area contributed by atoms with E-state index in [4.69, 9.17) is 9.47 Å². The first-order valence-electron chi connectivity index (χ1n) is 6.09. The third-order valence-electron chi connectivity index (χ3n) is 2.53. The second-order valence-electron chi connectivity index (χ2n) is 4.13. The summed E-state index contributed by atoms with van der Waals surface area (Å²) in [6.07, 6.45) is -0.626. The van der Waals surface area contributed by atoms with Gasteiger partial charge in [-0.25, -0.2) is 0 Å². The first-order valence-corrected chi connectivity index (χ1v) is 6.09. The van der Waals surface area contributed by atoms with Gasteiger partial charge in [-0.3, -0.25) is 9.59 Å². The number of rotatable bonds is 7. The molecule has 0 aliphatic rings. The number of nitrogens with one attached hydrogen (secondary N) is 1. The van der Waals surface area contributed by atoms with E-state index in [2.05, 4.69) is 5.32 Å². The highest BCUT2D eigenvalue weighted by molar-refractivity contribution is 5.94. The summed E-state index contributed by atoms with van der Waals surface area (Å²) in [4.78, 5) is 22.9. The van der Waals surface area contributed by atoms with Crippen molar-refractivity contribution < 1.29 is 19.1 Å². The van der Waals surface area contributed by atoms with Crippen molar-refractivity contribution in [2.45, 2.75) is 20.0 Å². The van der Waals surface area contributed by atoms with Crippen molar-refractivity contribution in [2.24, 2.45) is 0 Å². The van der Waals surface area contributed by atoms with E-state index in [1.165, 1.54) is 6.92 Å². The zero-order chi connectivity index (χ0) is 14.3. The van der Waals surface area contributed by atoms with Gasteiger partial charge < -0.3 is 14.8 Å². The molecule has 0 aromatic heterocycles. The fourth-order valence-corrected chi connectivity index (χ4v) is 1.47. The minimum absolute atomic E-state index is 0.0392. The summed E-state index contributed by atoms with van der Waals surface area (Å²) >= 11 is 0. The van der Waals surface area contributed by atoms with E-state index in [0.29, 0.717) is 24.5 Å². The molecule has 0 heterocycles. The predicted octanol–water partition coefficient (Wildman–Crippen LogP) is 1.42. The van der Waals surface area contributed by atoms with Gasteiger partial charge in [0, 0.05) is 19.2 Å². The second kappa shape index (κ2) is 7.53. The molecule has 0 radical (unpaired) electrons. The lowest BCUT2D eigenvalue weighted by Crippen LogP contribution is -2.37. The Kier molecular flexibility index (Phi) is 6.02. The Morgan fingerprint density at radius 3 is 2.74 bits per heavy atom. The normalized spacial score (nSPS) is 11.7. The van der Waals surface area contributed by atoms with Crippen molar-refractivity contribution in [1.29, 1.82) is 0 Å². The predicted molar refractivity (Wildman–Crippen MR) is 71.4 cm³/mol. The number of carbonyl (C=O) groups excluding carboxylic acids is 2. The van der Waals surface area contributed by atoms with Crippen LogP contribution < -0.4 is 10.1 Å². The molecule has 104 valence electrons. The van der Waals surface area contributed by atoms with Crippen molar-refractivity contribution >= 4 is 11.7 Å². The number of Topliss-reactive ketones (excluding diaryl/α,β-unsaturated/α-hetero) is 1. The average Bonchev–Trinajstić information content (AvgIpc) is 2.39. The van der Waals surface area contributed by atoms with Crippen LogP contribution in [0.2, 0.25) is 0 Å². The van der Waals surface area contributed by atoms with Crippen LogP contribution >= 0.6 is 0 Å². The smallest absolute Gasteiger partial charge is 0.260 e. The van der Waals surface area contributed by atoms with Crippen LogP contribution in [0.3, 0.4) is 0 Å². The standard InChI is InChI=1S/C14H19NO4/c1-10(16)12-5-4-6-13(9-12)19-11(2)14(17)15-7-8-18-3/h4-6,9,11H,7-8H2,1-3H3,(H,15,17). The molecule has 0 fully saturated rings. The first-order chi connectivity index (χ1) is 9.04. The summed E-state index contributed by atoms with van der Waals surface area (Å²) in [6.45, 7) is 4.04. The van der Waals surface area contributed by atoms with Crippen molar-refractivity contribution in [3.8, 4) is 5.75 Å². The topological polar surface area (TPSA) is 64.6 Å². The highest BCUT2D eigenvalue weighted by Gasteiger charge is 2.14. The van der Waals surface area contributed by atoms with Gasteiger partial charge >= 0.3 is 0 Å². The first kappa shape index (κ1) is 15.2. The fourth-order valence-electron chi connectivity index (χ4n) is 1.47. The van der Waals surface area contributed by atoms with Gasteiger partial charge in [0.2, 0.25) is 0 Å². The second-order valence-corrected chi connectivity index (χ2v) is 4.13. The third-order valence-corrected chi connectivity index (χ3v) is 2.53. The van der Waals surface area contributed by atoms with E-state index in [0.717, 1.165) is 0 Å². The molecule has 1 aromatic carbocycles. The molecule has 1 rings (SSSR count). The lowest BCUT2D eigenvalue weighted by Gasteiger charge is -2.15. The van der Waals surface area contributed by atoms with Crippen molar-refractivity contribution in [2.75, 3.05) is 20.3 Å². The van der Waals surface area contributed by atoms with Gasteiger partial charge in [-0.05, 0) is 26.0 Å². The van der Waals surface area contributed by atoms with E-state index in [-0.39, 0.29) is 11.7 Å². The van der Waals surface area contributed by atoms with Crippen molar-refractivity contribution in [3.05, 3.63) is 29.8 Å². The summed E-state index contributed by atoms with van der Waals surface area (Å²) in [5.74, 6) is 0.245. The SMILES string of the molecule is COCCNC(=O)C(C)Oc1cccc(C(C)=O)c1. The summed E-state index contributed by atoms with van der Waals surface area (Å²) in [5.41, 5.74) is 0.560. The molecule has 0 bridgehead atoms. The largest absolute Gasteiger partial charge is 0.481 e. The molecule has 1 aromatic rings. The molecule has 1 unspecified atom stereocenters. The molecule has 0 saturated heterocycles. The Hall–Kier alpha value is -1.88. The molecule has 0 aliphatic carbocycles. The molecule has 1 N–H and O–H groups in total. The number of carbonyl (C=O) groups is 2. The van der Waals surface area contributed by atoms with Gasteiger partial charge in [0.25, 0.3) is 5.91 Å². The maximum Gasteiger partial charge on any atom is 0.260 e. The van der Waals surface area contributed by atoms with E-state index < -0.39 is 6.10 Å². The van der Waals surface area contributed by atoms with Gasteiger partial charge in [-0.15, -0.1) is 0 Å². The van der Waals surface area contributed by atoms with E-state index in [1.807, 2.05) is 0 Å². The Morgan fingerprint density at radius 2 is 2.11 bits per heavy atom. The van der Waals surface area contributed by atoms with E-state index >= 15 is 0 Å². The van der Waals surface area contributed by atoms with Crippen LogP contribution in [0.5, 0.6) is 5.75 Å². The van der Waals surface area contributed by atoms with Gasteiger partial charge in [-0.2, -0.15) is 0 Å². The maximum absolute atomic E-state index is 11.7. The summed E-state index contributed by atoms with van der Waals surface area (Å²) < 4.78 is 10.3. The minimum atomic E-state index is -0.626. The number of benzene rings is 1. The van der Waals surface area contributed by atoms with Crippen LogP contribution in [0, 0.1) is 0 Å². The summed E-state index contributed by atoms with van der Waals surface area (Å²) in [6, 6.07) is 6.77. The molecular weight excluding hydrogens is 246 g/mol. The highest BCUT2D eigenvalue weighted by atomic mass is 16.5. The van der Waals surface area contributed by atoms with Gasteiger partial charge in [0.15, 0.2) is 11.9 Å². The summed E-state index contributed by atoms with van der Waals surface area (Å²) in [7, 11) is 1.57. The molecule has 0 saturated carbocycles. The summed E-state index contributed by atoms with van der Waals surface area (Å²) in [5, 5.41) is 2.69. The lowest BCUT2D eigenvalue weighted by atomic mass is 10.1. The minimum Gasteiger partial charge on any atom is -0.481 e. The van der Waals surface area contributed by atoms with E-state index in [9.17, 15) is 9.59 Å². The van der Waals surface area contributed by atoms with Crippen LogP contribution in [0.1, 0.15) is 24.2 Å². The molecule has 0 spiro atoms. The lowest BCUT2D eigenvalue weighted by molar-refractivity contribution is -0.127. The Morgan fingerprint density at radius 1 is 1.37 bits per heavy atom. The fraction of sp³-hybridized carbons (Fsp3) is 0.429. The van der Waals surface area contributed by atoms with Crippen LogP contribution in [-0.2, 0) is 9.53 Å². The zero-order valence-corrected chi connectivity index (χ0v) is 11.4. The third kappa shape index (κ3) is 5.09. The Bertz CT molecular complexity index is 445. The van der Waals surface area contributed by atoms with Gasteiger partial charge in [0.1, 0.15) is 5.75 Å². The van der Waals surface area contributed by atoms with Gasteiger partial charge in [0.05, 0.1) is 6.61 Å². The maximum atomic E-state index is 11.7. The molecule has 0 aliphatic heterocycles. The number of ether oxygens (including phenoxy) is 2. The quantitative estimate of drug-likeness (QED) is 0.598. The highest BCUT2D eigenvalue weighted by Crippen LogP contribution is 2.15. The molecular formula is C14H19NO4. The van der Waals surface area contributed by atoms with Crippen LogP contribution in [-0.4, -0.2) is 38.1 Å². The molecule has 19 heavy (non-hydrogen) atoms. The number of hydrogen-bond acceptors (Lipinski definition) is 4. The molecule has 1 atom stereocenters. The molecule has 5 nitrogen and oxygen atoms in total. The number of hydrogen-bond donors (Lipinski definition) is 1. The number of amides is 1.